The van der Waals surface area contributed by atoms with Crippen molar-refractivity contribution in [3.8, 4) is 5.82 Å². The number of pyridine rings is 1. The van der Waals surface area contributed by atoms with E-state index in [1.165, 1.54) is 12.5 Å². The lowest BCUT2D eigenvalue weighted by atomic mass is 10.3. The Balaban J connectivity index is 2.25. The van der Waals surface area contributed by atoms with Crippen molar-refractivity contribution in [3.05, 3.63) is 46.6 Å². The van der Waals surface area contributed by atoms with E-state index in [0.29, 0.717) is 11.0 Å². The Labute approximate surface area is 110 Å². The van der Waals surface area contributed by atoms with Crippen molar-refractivity contribution in [2.75, 3.05) is 0 Å². The number of aromatic carboxylic acids is 1. The second kappa shape index (κ2) is 4.16. The molecule has 0 amide bonds. The van der Waals surface area contributed by atoms with Crippen molar-refractivity contribution in [1.82, 2.24) is 14.8 Å². The maximum atomic E-state index is 11.0. The zero-order valence-electron chi connectivity index (χ0n) is 9.76. The molecule has 0 aromatic carbocycles. The number of hydrogen-bond acceptors (Lipinski definition) is 6. The van der Waals surface area contributed by atoms with Gasteiger partial charge in [-0.15, -0.1) is 0 Å². The normalized spacial score (nSPS) is 10.8. The van der Waals surface area contributed by atoms with Gasteiger partial charge in [0.15, 0.2) is 5.82 Å². The lowest BCUT2D eigenvalue weighted by molar-refractivity contribution is -0.385. The molecule has 100 valence electrons. The Hall–Kier alpha value is -3.23. The van der Waals surface area contributed by atoms with Gasteiger partial charge in [0.05, 0.1) is 16.6 Å². The standard InChI is InChI=1S/C11H6N4O5/c16-11(17)9-7(15(18)19)5-14(13-9)10-6-2-4-20-8(6)1-3-12-10/h1-5H,(H,16,17). The molecule has 0 saturated heterocycles. The van der Waals surface area contributed by atoms with Crippen LogP contribution in [0, 0.1) is 10.1 Å². The number of carboxylic acid groups (broad SMARTS) is 1. The van der Waals surface area contributed by atoms with Crippen LogP contribution in [0.5, 0.6) is 0 Å². The van der Waals surface area contributed by atoms with Gasteiger partial charge in [-0.05, 0) is 12.1 Å². The summed E-state index contributed by atoms with van der Waals surface area (Å²) in [5.41, 5.74) is -0.720. The first kappa shape index (κ1) is 11.8. The third-order valence-corrected chi connectivity index (χ3v) is 2.67. The van der Waals surface area contributed by atoms with Gasteiger partial charge in [-0.3, -0.25) is 10.1 Å². The predicted molar refractivity (Wildman–Crippen MR) is 64.7 cm³/mol. The second-order valence-corrected chi connectivity index (χ2v) is 3.84. The van der Waals surface area contributed by atoms with E-state index in [9.17, 15) is 14.9 Å². The Morgan fingerprint density at radius 2 is 2.25 bits per heavy atom. The van der Waals surface area contributed by atoms with E-state index in [4.69, 9.17) is 9.52 Å². The van der Waals surface area contributed by atoms with E-state index in [-0.39, 0.29) is 5.82 Å². The summed E-state index contributed by atoms with van der Waals surface area (Å²) in [6, 6.07) is 3.24. The first-order valence-corrected chi connectivity index (χ1v) is 5.38. The smallest absolute Gasteiger partial charge is 0.363 e. The number of carboxylic acids is 1. The molecule has 0 radical (unpaired) electrons. The molecule has 0 saturated carbocycles. The van der Waals surface area contributed by atoms with E-state index < -0.39 is 22.3 Å². The van der Waals surface area contributed by atoms with Crippen molar-refractivity contribution < 1.29 is 19.2 Å². The molecule has 3 aromatic rings. The summed E-state index contributed by atoms with van der Waals surface area (Å²) in [4.78, 5) is 25.0. The fraction of sp³-hybridized carbons (Fsp3) is 0. The fourth-order valence-corrected chi connectivity index (χ4v) is 1.82. The largest absolute Gasteiger partial charge is 0.476 e. The maximum absolute atomic E-state index is 11.0. The third-order valence-electron chi connectivity index (χ3n) is 2.67. The molecule has 0 fully saturated rings. The summed E-state index contributed by atoms with van der Waals surface area (Å²) in [7, 11) is 0. The number of nitrogens with zero attached hydrogens (tertiary/aromatic N) is 4. The maximum Gasteiger partial charge on any atom is 0.363 e. The monoisotopic (exact) mass is 274 g/mol. The lowest BCUT2D eigenvalue weighted by Crippen LogP contribution is -2.03. The molecule has 0 aliphatic rings. The Kier molecular flexibility index (Phi) is 2.46. The van der Waals surface area contributed by atoms with Gasteiger partial charge in [0, 0.05) is 6.20 Å². The zero-order valence-corrected chi connectivity index (χ0v) is 9.76. The molecule has 0 spiro atoms. The number of fused-ring (bicyclic) bond motifs is 1. The van der Waals surface area contributed by atoms with Crippen LogP contribution in [0.1, 0.15) is 10.5 Å². The van der Waals surface area contributed by atoms with Crippen LogP contribution in [0.4, 0.5) is 5.69 Å². The van der Waals surface area contributed by atoms with E-state index in [2.05, 4.69) is 10.1 Å². The Morgan fingerprint density at radius 3 is 2.90 bits per heavy atom. The Morgan fingerprint density at radius 1 is 1.45 bits per heavy atom. The summed E-state index contributed by atoms with van der Waals surface area (Å²) in [6.45, 7) is 0. The Bertz CT molecular complexity index is 803. The van der Waals surface area contributed by atoms with E-state index in [1.807, 2.05) is 0 Å². The molecule has 3 aromatic heterocycles. The van der Waals surface area contributed by atoms with Crippen LogP contribution in [0.15, 0.2) is 35.2 Å². The molecule has 3 heterocycles. The molecule has 0 atom stereocenters. The van der Waals surface area contributed by atoms with Crippen LogP contribution in [-0.2, 0) is 0 Å². The molecule has 0 aliphatic heterocycles. The molecular weight excluding hydrogens is 268 g/mol. The van der Waals surface area contributed by atoms with Crippen molar-refractivity contribution in [2.45, 2.75) is 0 Å². The summed E-state index contributed by atoms with van der Waals surface area (Å²) >= 11 is 0. The number of nitro groups is 1. The minimum atomic E-state index is -1.48. The van der Waals surface area contributed by atoms with Gasteiger partial charge in [0.25, 0.3) is 0 Å². The number of rotatable bonds is 3. The van der Waals surface area contributed by atoms with Gasteiger partial charge in [-0.25, -0.2) is 14.5 Å². The van der Waals surface area contributed by atoms with Crippen LogP contribution < -0.4 is 0 Å². The van der Waals surface area contributed by atoms with Gasteiger partial charge in [0.2, 0.25) is 5.69 Å². The van der Waals surface area contributed by atoms with Crippen molar-refractivity contribution in [3.63, 3.8) is 0 Å². The van der Waals surface area contributed by atoms with Crippen LogP contribution in [0.25, 0.3) is 16.8 Å². The van der Waals surface area contributed by atoms with Crippen LogP contribution in [0.3, 0.4) is 0 Å². The fourth-order valence-electron chi connectivity index (χ4n) is 1.82. The van der Waals surface area contributed by atoms with Crippen LogP contribution in [0.2, 0.25) is 0 Å². The van der Waals surface area contributed by atoms with Crippen molar-refractivity contribution in [2.24, 2.45) is 0 Å². The quantitative estimate of drug-likeness (QED) is 0.568. The minimum Gasteiger partial charge on any atom is -0.476 e. The molecular formula is C11H6N4O5. The van der Waals surface area contributed by atoms with Gasteiger partial charge in [-0.1, -0.05) is 0 Å². The highest BCUT2D eigenvalue weighted by Crippen LogP contribution is 2.24. The van der Waals surface area contributed by atoms with Gasteiger partial charge >= 0.3 is 11.7 Å². The third kappa shape index (κ3) is 1.68. The molecule has 20 heavy (non-hydrogen) atoms. The molecule has 0 bridgehead atoms. The van der Waals surface area contributed by atoms with E-state index >= 15 is 0 Å². The topological polar surface area (TPSA) is 124 Å². The molecule has 1 N–H and O–H groups in total. The zero-order chi connectivity index (χ0) is 14.3. The SMILES string of the molecule is O=C(O)c1nn(-c2nccc3occc23)cc1[N+](=O)[O-]. The average molecular weight is 274 g/mol. The number of hydrogen-bond donors (Lipinski definition) is 1. The minimum absolute atomic E-state index is 0.256. The van der Waals surface area contributed by atoms with E-state index in [0.717, 1.165) is 10.9 Å². The summed E-state index contributed by atoms with van der Waals surface area (Å²) in [6.07, 6.45) is 3.89. The lowest BCUT2D eigenvalue weighted by Gasteiger charge is -1.99. The van der Waals surface area contributed by atoms with Crippen LogP contribution >= 0.6 is 0 Å². The highest BCUT2D eigenvalue weighted by atomic mass is 16.6. The number of aromatic nitrogens is 3. The van der Waals surface area contributed by atoms with Crippen LogP contribution in [-0.4, -0.2) is 30.8 Å². The summed E-state index contributed by atoms with van der Waals surface area (Å²) in [5.74, 6) is -1.22. The van der Waals surface area contributed by atoms with Gasteiger partial charge in [-0.2, -0.15) is 5.10 Å². The van der Waals surface area contributed by atoms with Gasteiger partial charge < -0.3 is 9.52 Å². The first-order chi connectivity index (χ1) is 9.58. The molecule has 9 nitrogen and oxygen atoms in total. The summed E-state index contributed by atoms with van der Waals surface area (Å²) in [5, 5.41) is 24.0. The van der Waals surface area contributed by atoms with Gasteiger partial charge in [0.1, 0.15) is 11.8 Å². The predicted octanol–water partition coefficient (Wildman–Crippen LogP) is 1.62. The second-order valence-electron chi connectivity index (χ2n) is 3.84. The molecule has 3 rings (SSSR count). The molecule has 0 unspecified atom stereocenters. The van der Waals surface area contributed by atoms with Crippen molar-refractivity contribution in [1.29, 1.82) is 0 Å². The highest BCUT2D eigenvalue weighted by Gasteiger charge is 2.26. The molecule has 0 aliphatic carbocycles. The number of carbonyl (C=O) groups is 1. The van der Waals surface area contributed by atoms with E-state index in [1.54, 1.807) is 12.1 Å². The van der Waals surface area contributed by atoms with Crippen molar-refractivity contribution >= 4 is 22.6 Å². The highest BCUT2D eigenvalue weighted by molar-refractivity contribution is 5.90. The number of furan rings is 1. The average Bonchev–Trinajstić information content (AvgIpc) is 3.04. The first-order valence-electron chi connectivity index (χ1n) is 5.38. The molecule has 9 heteroatoms. The summed E-state index contributed by atoms with van der Waals surface area (Å²) < 4.78 is 6.24.